The molecule has 0 aromatic carbocycles. The lowest BCUT2D eigenvalue weighted by molar-refractivity contribution is -0.175. The number of nitrogens with zero attached hydrogens (tertiary/aromatic N) is 1. The quantitative estimate of drug-likeness (QED) is 0.706. The van der Waals surface area contributed by atoms with Crippen LogP contribution in [0.25, 0.3) is 0 Å². The SMILES string of the molecule is O=C(NC(=O)C(F)(F)F)C1CCCN1C(=O)O. The molecule has 0 aromatic heterocycles. The van der Waals surface area contributed by atoms with Gasteiger partial charge in [-0.2, -0.15) is 13.2 Å². The van der Waals surface area contributed by atoms with Crippen LogP contribution in [-0.4, -0.2) is 46.7 Å². The molecule has 2 N–H and O–H groups in total. The average Bonchev–Trinajstić information content (AvgIpc) is 2.63. The monoisotopic (exact) mass is 254 g/mol. The molecule has 1 saturated heterocycles. The van der Waals surface area contributed by atoms with Crippen LogP contribution < -0.4 is 5.32 Å². The Balaban J connectivity index is 2.65. The van der Waals surface area contributed by atoms with Crippen LogP contribution in [0, 0.1) is 0 Å². The van der Waals surface area contributed by atoms with Gasteiger partial charge in [0.25, 0.3) is 0 Å². The first-order chi connectivity index (χ1) is 7.73. The van der Waals surface area contributed by atoms with Crippen LogP contribution in [0.1, 0.15) is 12.8 Å². The number of halogens is 3. The number of likely N-dealkylation sites (tertiary alicyclic amines) is 1. The van der Waals surface area contributed by atoms with E-state index in [1.54, 1.807) is 0 Å². The van der Waals surface area contributed by atoms with Crippen molar-refractivity contribution < 1.29 is 32.7 Å². The summed E-state index contributed by atoms with van der Waals surface area (Å²) in [7, 11) is 0. The Kier molecular flexibility index (Phi) is 3.59. The van der Waals surface area contributed by atoms with Crippen LogP contribution >= 0.6 is 0 Å². The molecule has 0 radical (unpaired) electrons. The molecule has 1 fully saturated rings. The Labute approximate surface area is 93.4 Å². The minimum Gasteiger partial charge on any atom is -0.465 e. The van der Waals surface area contributed by atoms with Crippen molar-refractivity contribution in [3.05, 3.63) is 0 Å². The molecule has 0 spiro atoms. The third kappa shape index (κ3) is 3.08. The third-order valence-electron chi connectivity index (χ3n) is 2.30. The Morgan fingerprint density at radius 2 is 1.88 bits per heavy atom. The van der Waals surface area contributed by atoms with E-state index >= 15 is 0 Å². The zero-order valence-electron chi connectivity index (χ0n) is 8.45. The topological polar surface area (TPSA) is 86.7 Å². The molecular formula is C8H9F3N2O4. The van der Waals surface area contributed by atoms with Gasteiger partial charge in [0.05, 0.1) is 0 Å². The van der Waals surface area contributed by atoms with Gasteiger partial charge in [0, 0.05) is 6.54 Å². The number of carbonyl (C=O) groups excluding carboxylic acids is 2. The summed E-state index contributed by atoms with van der Waals surface area (Å²) in [4.78, 5) is 33.1. The molecule has 1 unspecified atom stereocenters. The van der Waals surface area contributed by atoms with E-state index < -0.39 is 30.1 Å². The van der Waals surface area contributed by atoms with Crippen LogP contribution in [-0.2, 0) is 9.59 Å². The second-order valence-corrected chi connectivity index (χ2v) is 3.45. The lowest BCUT2D eigenvalue weighted by Gasteiger charge is -2.20. The second kappa shape index (κ2) is 4.60. The average molecular weight is 254 g/mol. The minimum absolute atomic E-state index is 0.0631. The first kappa shape index (κ1) is 13.3. The lowest BCUT2D eigenvalue weighted by Crippen LogP contribution is -2.50. The molecule has 0 aliphatic carbocycles. The van der Waals surface area contributed by atoms with Gasteiger partial charge in [0.15, 0.2) is 0 Å². The van der Waals surface area contributed by atoms with Crippen molar-refractivity contribution in [3.63, 3.8) is 0 Å². The fraction of sp³-hybridized carbons (Fsp3) is 0.625. The van der Waals surface area contributed by atoms with E-state index in [9.17, 15) is 27.6 Å². The number of amides is 3. The number of rotatable bonds is 1. The smallest absolute Gasteiger partial charge is 0.465 e. The van der Waals surface area contributed by atoms with Crippen molar-refractivity contribution in [3.8, 4) is 0 Å². The van der Waals surface area contributed by atoms with Crippen LogP contribution in [0.3, 0.4) is 0 Å². The molecule has 1 aliphatic heterocycles. The maximum atomic E-state index is 11.9. The van der Waals surface area contributed by atoms with Crippen molar-refractivity contribution in [1.29, 1.82) is 0 Å². The summed E-state index contributed by atoms with van der Waals surface area (Å²) >= 11 is 0. The first-order valence-electron chi connectivity index (χ1n) is 4.65. The van der Waals surface area contributed by atoms with Gasteiger partial charge in [-0.1, -0.05) is 0 Å². The zero-order valence-corrected chi connectivity index (χ0v) is 8.45. The van der Waals surface area contributed by atoms with Gasteiger partial charge in [0.1, 0.15) is 6.04 Å². The predicted molar refractivity (Wildman–Crippen MR) is 47.0 cm³/mol. The van der Waals surface area contributed by atoms with E-state index in [-0.39, 0.29) is 13.0 Å². The van der Waals surface area contributed by atoms with Gasteiger partial charge in [0.2, 0.25) is 5.91 Å². The normalized spacial score (nSPS) is 20.2. The van der Waals surface area contributed by atoms with Crippen LogP contribution in [0.2, 0.25) is 0 Å². The zero-order chi connectivity index (χ0) is 13.2. The van der Waals surface area contributed by atoms with E-state index in [4.69, 9.17) is 5.11 Å². The molecule has 1 rings (SSSR count). The standard InChI is InChI=1S/C8H9F3N2O4/c9-8(10,11)6(15)12-5(14)4-2-1-3-13(4)7(16)17/h4H,1-3H2,(H,16,17)(H,12,14,15). The van der Waals surface area contributed by atoms with E-state index in [0.717, 1.165) is 5.32 Å². The van der Waals surface area contributed by atoms with Gasteiger partial charge < -0.3 is 5.11 Å². The molecule has 1 heterocycles. The van der Waals surface area contributed by atoms with E-state index in [1.165, 1.54) is 0 Å². The number of hydrogen-bond acceptors (Lipinski definition) is 3. The van der Waals surface area contributed by atoms with Crippen molar-refractivity contribution in [1.82, 2.24) is 10.2 Å². The summed E-state index contributed by atoms with van der Waals surface area (Å²) in [6.07, 6.45) is -6.10. The molecule has 3 amide bonds. The molecule has 6 nitrogen and oxygen atoms in total. The maximum absolute atomic E-state index is 11.9. The van der Waals surface area contributed by atoms with E-state index in [1.807, 2.05) is 0 Å². The van der Waals surface area contributed by atoms with Gasteiger partial charge >= 0.3 is 18.2 Å². The highest BCUT2D eigenvalue weighted by Gasteiger charge is 2.42. The number of nitrogens with one attached hydrogen (secondary N) is 1. The molecule has 17 heavy (non-hydrogen) atoms. The summed E-state index contributed by atoms with van der Waals surface area (Å²) in [6, 6.07) is -1.24. The van der Waals surface area contributed by atoms with Gasteiger partial charge in [-0.25, -0.2) is 4.79 Å². The van der Waals surface area contributed by atoms with Crippen molar-refractivity contribution >= 4 is 17.9 Å². The summed E-state index contributed by atoms with van der Waals surface area (Å²) < 4.78 is 35.6. The van der Waals surface area contributed by atoms with Crippen LogP contribution in [0.15, 0.2) is 0 Å². The van der Waals surface area contributed by atoms with Crippen molar-refractivity contribution in [2.24, 2.45) is 0 Å². The Morgan fingerprint density at radius 3 is 2.35 bits per heavy atom. The maximum Gasteiger partial charge on any atom is 0.471 e. The van der Waals surface area contributed by atoms with Crippen LogP contribution in [0.5, 0.6) is 0 Å². The molecule has 1 atom stereocenters. The van der Waals surface area contributed by atoms with E-state index in [2.05, 4.69) is 0 Å². The molecule has 9 heteroatoms. The molecule has 96 valence electrons. The largest absolute Gasteiger partial charge is 0.471 e. The molecule has 0 aromatic rings. The predicted octanol–water partition coefficient (Wildman–Crippen LogP) is 0.334. The van der Waals surface area contributed by atoms with Gasteiger partial charge in [-0.3, -0.25) is 19.8 Å². The van der Waals surface area contributed by atoms with Crippen LogP contribution in [0.4, 0.5) is 18.0 Å². The highest BCUT2D eigenvalue weighted by atomic mass is 19.4. The Bertz CT molecular complexity index is 355. The van der Waals surface area contributed by atoms with E-state index in [0.29, 0.717) is 11.3 Å². The Hall–Kier alpha value is -1.80. The molecule has 0 saturated carbocycles. The molecule has 1 aliphatic rings. The summed E-state index contributed by atoms with van der Waals surface area (Å²) in [5.74, 6) is -3.63. The van der Waals surface area contributed by atoms with Crippen molar-refractivity contribution in [2.75, 3.05) is 6.54 Å². The minimum atomic E-state index is -5.16. The number of carboxylic acid groups (broad SMARTS) is 1. The first-order valence-corrected chi connectivity index (χ1v) is 4.65. The van der Waals surface area contributed by atoms with Gasteiger partial charge in [-0.05, 0) is 12.8 Å². The summed E-state index contributed by atoms with van der Waals surface area (Å²) in [5.41, 5.74) is 0. The number of carbonyl (C=O) groups is 3. The number of imide groups is 1. The second-order valence-electron chi connectivity index (χ2n) is 3.45. The third-order valence-corrected chi connectivity index (χ3v) is 2.30. The number of hydrogen-bond donors (Lipinski definition) is 2. The highest BCUT2D eigenvalue weighted by molar-refractivity contribution is 6.00. The van der Waals surface area contributed by atoms with Crippen molar-refractivity contribution in [2.45, 2.75) is 25.1 Å². The van der Waals surface area contributed by atoms with Gasteiger partial charge in [-0.15, -0.1) is 0 Å². The Morgan fingerprint density at radius 1 is 1.29 bits per heavy atom. The number of alkyl halides is 3. The molecular weight excluding hydrogens is 245 g/mol. The lowest BCUT2D eigenvalue weighted by atomic mass is 10.2. The fourth-order valence-electron chi connectivity index (χ4n) is 1.53. The fourth-order valence-corrected chi connectivity index (χ4v) is 1.53. The summed E-state index contributed by atoms with van der Waals surface area (Å²) in [6.45, 7) is 0.0631. The summed E-state index contributed by atoms with van der Waals surface area (Å²) in [5, 5.41) is 9.80. The molecule has 0 bridgehead atoms. The highest BCUT2D eigenvalue weighted by Crippen LogP contribution is 2.19.